The summed E-state index contributed by atoms with van der Waals surface area (Å²) in [5, 5.41) is 20.5. The van der Waals surface area contributed by atoms with E-state index in [1.54, 1.807) is 0 Å². The van der Waals surface area contributed by atoms with E-state index >= 15 is 0 Å². The van der Waals surface area contributed by atoms with Crippen molar-refractivity contribution in [3.63, 3.8) is 0 Å². The molecule has 4 nitrogen and oxygen atoms in total. The number of carbonyl (C=O) groups is 1. The molecule has 92 valence electrons. The Balaban J connectivity index is 2.64. The van der Waals surface area contributed by atoms with Crippen molar-refractivity contribution in [2.45, 2.75) is 0 Å². The van der Waals surface area contributed by atoms with E-state index < -0.39 is 23.3 Å². The van der Waals surface area contributed by atoms with Gasteiger partial charge in [-0.1, -0.05) is 0 Å². The van der Waals surface area contributed by atoms with E-state index in [2.05, 4.69) is 0 Å². The Morgan fingerprint density at radius 3 is 2.56 bits per heavy atom. The first kappa shape index (κ1) is 12.0. The van der Waals surface area contributed by atoms with Crippen LogP contribution in [0, 0.1) is 16.8 Å². The third kappa shape index (κ3) is 2.00. The molecule has 2 rings (SSSR count). The Morgan fingerprint density at radius 1 is 1.22 bits per heavy atom. The van der Waals surface area contributed by atoms with Crippen LogP contribution in [0.5, 0.6) is 0 Å². The molecule has 0 aliphatic rings. The number of carboxylic acids is 1. The van der Waals surface area contributed by atoms with Crippen LogP contribution in [0.15, 0.2) is 36.4 Å². The van der Waals surface area contributed by atoms with Crippen LogP contribution in [0.25, 0.3) is 11.3 Å². The van der Waals surface area contributed by atoms with Gasteiger partial charge < -0.3 is 10.3 Å². The number of rotatable bonds is 2. The third-order valence-electron chi connectivity index (χ3n) is 2.37. The van der Waals surface area contributed by atoms with E-state index in [4.69, 9.17) is 5.11 Å². The average Bonchev–Trinajstić information content (AvgIpc) is 2.30. The van der Waals surface area contributed by atoms with Gasteiger partial charge in [-0.25, -0.2) is 13.6 Å². The van der Waals surface area contributed by atoms with Crippen LogP contribution in [0.4, 0.5) is 8.78 Å². The summed E-state index contributed by atoms with van der Waals surface area (Å²) in [5.74, 6) is -3.13. The second kappa shape index (κ2) is 4.40. The fourth-order valence-electron chi connectivity index (χ4n) is 1.55. The molecule has 0 atom stereocenters. The highest BCUT2D eigenvalue weighted by atomic mass is 19.1. The zero-order chi connectivity index (χ0) is 13.3. The first-order valence-corrected chi connectivity index (χ1v) is 4.92. The smallest absolute Gasteiger partial charge is 0.402 e. The van der Waals surface area contributed by atoms with Crippen LogP contribution in [0.2, 0.25) is 0 Å². The van der Waals surface area contributed by atoms with Gasteiger partial charge in [0.25, 0.3) is 0 Å². The lowest BCUT2D eigenvalue weighted by atomic mass is 10.1. The molecule has 1 heterocycles. The Hall–Kier alpha value is -2.50. The van der Waals surface area contributed by atoms with E-state index in [-0.39, 0.29) is 16.0 Å². The molecule has 0 fully saturated rings. The first-order valence-electron chi connectivity index (χ1n) is 4.92. The van der Waals surface area contributed by atoms with E-state index in [1.807, 2.05) is 0 Å². The minimum atomic E-state index is -1.42. The van der Waals surface area contributed by atoms with Crippen molar-refractivity contribution in [1.82, 2.24) is 0 Å². The fourth-order valence-corrected chi connectivity index (χ4v) is 1.55. The molecule has 0 spiro atoms. The number of carboxylic acid groups (broad SMARTS) is 1. The summed E-state index contributed by atoms with van der Waals surface area (Å²) in [6.45, 7) is 0. The lowest BCUT2D eigenvalue weighted by Crippen LogP contribution is -2.37. The molecule has 0 bridgehead atoms. The van der Waals surface area contributed by atoms with Gasteiger partial charge in [-0.15, -0.1) is 0 Å². The molecule has 0 aliphatic heterocycles. The number of nitrogens with zero attached hydrogens (tertiary/aromatic N) is 1. The van der Waals surface area contributed by atoms with Crippen molar-refractivity contribution in [3.8, 4) is 11.3 Å². The maximum absolute atomic E-state index is 13.5. The molecule has 1 aromatic carbocycles. The summed E-state index contributed by atoms with van der Waals surface area (Å²) in [5.41, 5.74) is -0.877. The number of hydrogen-bond acceptors (Lipinski definition) is 2. The number of halogens is 2. The number of benzene rings is 1. The maximum Gasteiger partial charge on any atom is 0.402 e. The van der Waals surface area contributed by atoms with Crippen LogP contribution in [0.1, 0.15) is 10.5 Å². The quantitative estimate of drug-likeness (QED) is 0.655. The fraction of sp³-hybridized carbons (Fsp3) is 0. The summed E-state index contributed by atoms with van der Waals surface area (Å²) in [6, 6.07) is 6.38. The molecule has 0 saturated heterocycles. The number of pyridine rings is 1. The van der Waals surface area contributed by atoms with Crippen molar-refractivity contribution < 1.29 is 23.4 Å². The normalized spacial score (nSPS) is 10.3. The minimum absolute atomic E-state index is 0.0959. The van der Waals surface area contributed by atoms with Gasteiger partial charge in [-0.3, -0.25) is 0 Å². The average molecular weight is 251 g/mol. The van der Waals surface area contributed by atoms with Crippen LogP contribution in [-0.2, 0) is 0 Å². The molecule has 1 N–H and O–H groups in total. The molecular weight excluding hydrogens is 244 g/mol. The largest absolute Gasteiger partial charge is 0.618 e. The SMILES string of the molecule is O=C(O)c1cccc(-c2ccc(F)cc2F)[n+]1[O-]. The predicted octanol–water partition coefficient (Wildman–Crippen LogP) is 1.96. The highest BCUT2D eigenvalue weighted by Gasteiger charge is 2.21. The first-order chi connectivity index (χ1) is 8.50. The summed E-state index contributed by atoms with van der Waals surface area (Å²) in [7, 11) is 0. The number of aromatic nitrogens is 1. The maximum atomic E-state index is 13.5. The van der Waals surface area contributed by atoms with Gasteiger partial charge in [-0.2, -0.15) is 4.73 Å². The molecule has 2 aromatic rings. The number of hydrogen-bond donors (Lipinski definition) is 1. The van der Waals surface area contributed by atoms with Crippen molar-refractivity contribution in [2.24, 2.45) is 0 Å². The highest BCUT2D eigenvalue weighted by molar-refractivity contribution is 5.84. The zero-order valence-electron chi connectivity index (χ0n) is 8.93. The lowest BCUT2D eigenvalue weighted by Gasteiger charge is -2.07. The Kier molecular flexibility index (Phi) is 2.93. The van der Waals surface area contributed by atoms with Crippen molar-refractivity contribution >= 4 is 5.97 Å². The molecule has 6 heteroatoms. The molecule has 0 aliphatic carbocycles. The summed E-state index contributed by atoms with van der Waals surface area (Å²) in [6.07, 6.45) is 0. The molecular formula is C12H7F2NO3. The zero-order valence-corrected chi connectivity index (χ0v) is 8.93. The monoisotopic (exact) mass is 251 g/mol. The van der Waals surface area contributed by atoms with Gasteiger partial charge in [0.05, 0.1) is 5.56 Å². The predicted molar refractivity (Wildman–Crippen MR) is 57.7 cm³/mol. The van der Waals surface area contributed by atoms with Gasteiger partial charge in [0.15, 0.2) is 0 Å². The lowest BCUT2D eigenvalue weighted by molar-refractivity contribution is -0.596. The van der Waals surface area contributed by atoms with Gasteiger partial charge in [0.1, 0.15) is 11.6 Å². The van der Waals surface area contributed by atoms with E-state index in [0.29, 0.717) is 6.07 Å². The molecule has 0 unspecified atom stereocenters. The summed E-state index contributed by atoms with van der Waals surface area (Å²) < 4.78 is 26.4. The van der Waals surface area contributed by atoms with Crippen LogP contribution in [0.3, 0.4) is 0 Å². The van der Waals surface area contributed by atoms with Crippen LogP contribution >= 0.6 is 0 Å². The second-order valence-electron chi connectivity index (χ2n) is 3.52. The third-order valence-corrected chi connectivity index (χ3v) is 2.37. The standard InChI is InChI=1S/C12H7F2NO3/c13-7-4-5-8(9(14)6-7)10-2-1-3-11(12(16)17)15(10)18/h1-6H,(H,16,17). The Labute approximate surface area is 100 Å². The Bertz CT molecular complexity index is 629. The van der Waals surface area contributed by atoms with Crippen molar-refractivity contribution in [2.75, 3.05) is 0 Å². The topological polar surface area (TPSA) is 64.2 Å². The van der Waals surface area contributed by atoms with Gasteiger partial charge in [0, 0.05) is 18.2 Å². The molecule has 1 aromatic heterocycles. The van der Waals surface area contributed by atoms with E-state index in [9.17, 15) is 18.8 Å². The molecule has 0 saturated carbocycles. The Morgan fingerprint density at radius 2 is 1.94 bits per heavy atom. The minimum Gasteiger partial charge on any atom is -0.618 e. The summed E-state index contributed by atoms with van der Waals surface area (Å²) in [4.78, 5) is 10.8. The molecule has 18 heavy (non-hydrogen) atoms. The molecule has 0 amide bonds. The van der Waals surface area contributed by atoms with Crippen molar-refractivity contribution in [1.29, 1.82) is 0 Å². The van der Waals surface area contributed by atoms with Crippen LogP contribution < -0.4 is 4.73 Å². The van der Waals surface area contributed by atoms with Gasteiger partial charge in [-0.05, 0) is 18.2 Å². The van der Waals surface area contributed by atoms with Gasteiger partial charge >= 0.3 is 11.7 Å². The number of aromatic carboxylic acids is 1. The van der Waals surface area contributed by atoms with Gasteiger partial charge in [0.2, 0.25) is 5.69 Å². The second-order valence-corrected chi connectivity index (χ2v) is 3.52. The highest BCUT2D eigenvalue weighted by Crippen LogP contribution is 2.20. The van der Waals surface area contributed by atoms with E-state index in [0.717, 1.165) is 18.2 Å². The molecule has 0 radical (unpaired) electrons. The summed E-state index contributed by atoms with van der Waals surface area (Å²) >= 11 is 0. The van der Waals surface area contributed by atoms with Crippen LogP contribution in [-0.4, -0.2) is 11.1 Å². The van der Waals surface area contributed by atoms with Crippen molar-refractivity contribution in [3.05, 3.63) is 58.9 Å². The van der Waals surface area contributed by atoms with E-state index in [1.165, 1.54) is 12.1 Å².